The van der Waals surface area contributed by atoms with E-state index in [4.69, 9.17) is 5.26 Å². The zero-order valence-corrected chi connectivity index (χ0v) is 10.5. The number of rotatable bonds is 3. The highest BCUT2D eigenvalue weighted by atomic mass is 14.9. The third kappa shape index (κ3) is 2.67. The Hall–Kier alpha value is -2.34. The molecule has 1 aromatic carbocycles. The molecule has 0 aliphatic rings. The van der Waals surface area contributed by atoms with Crippen LogP contribution in [-0.2, 0) is 0 Å². The normalized spacial score (nSPS) is 11.6. The summed E-state index contributed by atoms with van der Waals surface area (Å²) < 4.78 is 0. The van der Waals surface area contributed by atoms with E-state index in [1.807, 2.05) is 43.5 Å². The standard InChI is InChI=1S/C15H15N3/c1-11-5-6-13(9-16)8-15(11)18-12(2)14-4-3-7-17-10-14/h3-8,10,12,18H,1-2H3. The molecular weight excluding hydrogens is 222 g/mol. The Morgan fingerprint density at radius 2 is 2.17 bits per heavy atom. The van der Waals surface area contributed by atoms with Gasteiger partial charge in [-0.25, -0.2) is 0 Å². The number of hydrogen-bond donors (Lipinski definition) is 1. The van der Waals surface area contributed by atoms with Crippen molar-refractivity contribution in [1.29, 1.82) is 5.26 Å². The van der Waals surface area contributed by atoms with Gasteiger partial charge in [-0.2, -0.15) is 5.26 Å². The Morgan fingerprint density at radius 3 is 2.83 bits per heavy atom. The van der Waals surface area contributed by atoms with Crippen molar-refractivity contribution >= 4 is 5.69 Å². The molecular formula is C15H15N3. The topological polar surface area (TPSA) is 48.7 Å². The molecule has 0 radical (unpaired) electrons. The lowest BCUT2D eigenvalue weighted by Gasteiger charge is -2.17. The maximum Gasteiger partial charge on any atom is 0.0992 e. The summed E-state index contributed by atoms with van der Waals surface area (Å²) in [5.74, 6) is 0. The summed E-state index contributed by atoms with van der Waals surface area (Å²) >= 11 is 0. The van der Waals surface area contributed by atoms with Crippen LogP contribution in [0.4, 0.5) is 5.69 Å². The van der Waals surface area contributed by atoms with Gasteiger partial charge >= 0.3 is 0 Å². The fraction of sp³-hybridized carbons (Fsp3) is 0.200. The molecule has 90 valence electrons. The third-order valence-corrected chi connectivity index (χ3v) is 2.92. The fourth-order valence-corrected chi connectivity index (χ4v) is 1.80. The van der Waals surface area contributed by atoms with Gasteiger partial charge in [0.25, 0.3) is 0 Å². The zero-order chi connectivity index (χ0) is 13.0. The first-order valence-electron chi connectivity index (χ1n) is 5.88. The number of nitrogens with one attached hydrogen (secondary N) is 1. The predicted octanol–water partition coefficient (Wildman–Crippen LogP) is 3.43. The van der Waals surface area contributed by atoms with E-state index in [2.05, 4.69) is 23.3 Å². The van der Waals surface area contributed by atoms with Crippen molar-refractivity contribution in [2.75, 3.05) is 5.32 Å². The number of nitriles is 1. The van der Waals surface area contributed by atoms with Crippen molar-refractivity contribution in [3.05, 3.63) is 59.4 Å². The van der Waals surface area contributed by atoms with Crippen LogP contribution in [0.3, 0.4) is 0 Å². The first-order valence-corrected chi connectivity index (χ1v) is 5.88. The highest BCUT2D eigenvalue weighted by Crippen LogP contribution is 2.22. The smallest absolute Gasteiger partial charge is 0.0992 e. The van der Waals surface area contributed by atoms with Gasteiger partial charge in [-0.3, -0.25) is 4.98 Å². The molecule has 1 unspecified atom stereocenters. The molecule has 1 N–H and O–H groups in total. The summed E-state index contributed by atoms with van der Waals surface area (Å²) in [5.41, 5.74) is 3.91. The molecule has 0 fully saturated rings. The molecule has 3 heteroatoms. The second kappa shape index (κ2) is 5.33. The Balaban J connectivity index is 2.22. The molecule has 18 heavy (non-hydrogen) atoms. The molecule has 0 amide bonds. The highest BCUT2D eigenvalue weighted by Gasteiger charge is 2.07. The van der Waals surface area contributed by atoms with Crippen LogP contribution in [0.1, 0.15) is 29.7 Å². The first-order chi connectivity index (χ1) is 8.70. The minimum atomic E-state index is 0.159. The largest absolute Gasteiger partial charge is 0.378 e. The fourth-order valence-electron chi connectivity index (χ4n) is 1.80. The van der Waals surface area contributed by atoms with Gasteiger partial charge < -0.3 is 5.32 Å². The molecule has 2 rings (SSSR count). The van der Waals surface area contributed by atoms with Crippen LogP contribution in [0.2, 0.25) is 0 Å². The van der Waals surface area contributed by atoms with Gasteiger partial charge in [0, 0.05) is 18.1 Å². The lowest BCUT2D eigenvalue weighted by molar-refractivity contribution is 0.873. The number of pyridine rings is 1. The number of nitrogens with zero attached hydrogens (tertiary/aromatic N) is 2. The molecule has 1 heterocycles. The number of hydrogen-bond acceptors (Lipinski definition) is 3. The number of benzene rings is 1. The van der Waals surface area contributed by atoms with Gasteiger partial charge in [-0.15, -0.1) is 0 Å². The predicted molar refractivity (Wildman–Crippen MR) is 72.2 cm³/mol. The average molecular weight is 237 g/mol. The van der Waals surface area contributed by atoms with Gasteiger partial charge in [0.05, 0.1) is 17.7 Å². The lowest BCUT2D eigenvalue weighted by Crippen LogP contribution is -2.08. The van der Waals surface area contributed by atoms with Crippen LogP contribution >= 0.6 is 0 Å². The first kappa shape index (κ1) is 12.1. The highest BCUT2D eigenvalue weighted by molar-refractivity contribution is 5.56. The van der Waals surface area contributed by atoms with E-state index in [-0.39, 0.29) is 6.04 Å². The maximum absolute atomic E-state index is 8.92. The average Bonchev–Trinajstić information content (AvgIpc) is 2.42. The Bertz CT molecular complexity index is 570. The zero-order valence-electron chi connectivity index (χ0n) is 10.5. The van der Waals surface area contributed by atoms with E-state index in [0.717, 1.165) is 16.8 Å². The summed E-state index contributed by atoms with van der Waals surface area (Å²) in [4.78, 5) is 4.11. The van der Waals surface area contributed by atoms with Gasteiger partial charge in [0.15, 0.2) is 0 Å². The van der Waals surface area contributed by atoms with Crippen molar-refractivity contribution in [2.45, 2.75) is 19.9 Å². The summed E-state index contributed by atoms with van der Waals surface area (Å²) in [7, 11) is 0. The number of anilines is 1. The lowest BCUT2D eigenvalue weighted by atomic mass is 10.1. The van der Waals surface area contributed by atoms with Gasteiger partial charge in [0.2, 0.25) is 0 Å². The number of aromatic nitrogens is 1. The molecule has 2 aromatic rings. The molecule has 0 spiro atoms. The molecule has 0 aliphatic carbocycles. The van der Waals surface area contributed by atoms with Crippen LogP contribution in [0.5, 0.6) is 0 Å². The van der Waals surface area contributed by atoms with Crippen LogP contribution < -0.4 is 5.32 Å². The van der Waals surface area contributed by atoms with Crippen LogP contribution in [-0.4, -0.2) is 4.98 Å². The summed E-state index contributed by atoms with van der Waals surface area (Å²) in [6, 6.07) is 11.9. The monoisotopic (exact) mass is 237 g/mol. The summed E-state index contributed by atoms with van der Waals surface area (Å²) in [6.07, 6.45) is 3.61. The molecule has 0 saturated carbocycles. The molecule has 0 saturated heterocycles. The molecule has 3 nitrogen and oxygen atoms in total. The van der Waals surface area contributed by atoms with E-state index in [1.54, 1.807) is 6.20 Å². The Labute approximate surface area is 107 Å². The van der Waals surface area contributed by atoms with Crippen molar-refractivity contribution < 1.29 is 0 Å². The Kier molecular flexibility index (Phi) is 3.59. The summed E-state index contributed by atoms with van der Waals surface area (Å²) in [5, 5.41) is 12.3. The number of aryl methyl sites for hydroxylation is 1. The minimum Gasteiger partial charge on any atom is -0.378 e. The quantitative estimate of drug-likeness (QED) is 0.889. The van der Waals surface area contributed by atoms with Crippen molar-refractivity contribution in [1.82, 2.24) is 4.98 Å². The second-order valence-electron chi connectivity index (χ2n) is 4.29. The van der Waals surface area contributed by atoms with Crippen molar-refractivity contribution in [2.24, 2.45) is 0 Å². The van der Waals surface area contributed by atoms with E-state index >= 15 is 0 Å². The van der Waals surface area contributed by atoms with Crippen LogP contribution in [0.25, 0.3) is 0 Å². The van der Waals surface area contributed by atoms with E-state index in [1.165, 1.54) is 0 Å². The van der Waals surface area contributed by atoms with Crippen molar-refractivity contribution in [3.63, 3.8) is 0 Å². The van der Waals surface area contributed by atoms with E-state index in [0.29, 0.717) is 5.56 Å². The molecule has 1 atom stereocenters. The van der Waals surface area contributed by atoms with Crippen LogP contribution in [0, 0.1) is 18.3 Å². The minimum absolute atomic E-state index is 0.159. The van der Waals surface area contributed by atoms with Gasteiger partial charge in [-0.1, -0.05) is 12.1 Å². The second-order valence-corrected chi connectivity index (χ2v) is 4.29. The van der Waals surface area contributed by atoms with E-state index < -0.39 is 0 Å². The third-order valence-electron chi connectivity index (χ3n) is 2.92. The van der Waals surface area contributed by atoms with Crippen molar-refractivity contribution in [3.8, 4) is 6.07 Å². The molecule has 1 aromatic heterocycles. The molecule has 0 aliphatic heterocycles. The van der Waals surface area contributed by atoms with Gasteiger partial charge in [0.1, 0.15) is 0 Å². The molecule has 0 bridgehead atoms. The summed E-state index contributed by atoms with van der Waals surface area (Å²) in [6.45, 7) is 4.11. The SMILES string of the molecule is Cc1ccc(C#N)cc1NC(C)c1cccnc1. The van der Waals surface area contributed by atoms with Crippen LogP contribution in [0.15, 0.2) is 42.7 Å². The van der Waals surface area contributed by atoms with Gasteiger partial charge in [-0.05, 0) is 43.2 Å². The van der Waals surface area contributed by atoms with E-state index in [9.17, 15) is 0 Å². The Morgan fingerprint density at radius 1 is 1.33 bits per heavy atom. The maximum atomic E-state index is 8.92.